The quantitative estimate of drug-likeness (QED) is 0.805. The number of rotatable bonds is 5. The molecule has 3 rings (SSSR count). The number of carbonyl (C=O) groups is 1. The van der Waals surface area contributed by atoms with Crippen molar-refractivity contribution < 1.29 is 13.2 Å². The smallest absolute Gasteiger partial charge is 0.243 e. The first-order valence-corrected chi connectivity index (χ1v) is 11.0. The number of carbonyl (C=O) groups excluding carboxylic acids is 1. The van der Waals surface area contributed by atoms with Crippen LogP contribution in [-0.2, 0) is 14.8 Å². The van der Waals surface area contributed by atoms with Gasteiger partial charge in [-0.2, -0.15) is 4.31 Å². The molecule has 1 atom stereocenters. The van der Waals surface area contributed by atoms with E-state index in [0.29, 0.717) is 41.8 Å². The summed E-state index contributed by atoms with van der Waals surface area (Å²) in [5.41, 5.74) is 1.51. The molecule has 2 aromatic carbocycles. The molecule has 1 saturated heterocycles. The van der Waals surface area contributed by atoms with E-state index in [-0.39, 0.29) is 11.9 Å². The standard InChI is InChI=1S/C20H24ClN3O3S/c1-15-18(21)9-6-10-19(15)22-20(25)16(2)23-11-13-24(14-12-23)28(26,27)17-7-4-3-5-8-17/h3-10,16H,11-14H2,1-2H3,(H,22,25)/t16-/m0/s1. The number of nitrogens with one attached hydrogen (secondary N) is 1. The summed E-state index contributed by atoms with van der Waals surface area (Å²) in [7, 11) is -3.50. The Morgan fingerprint density at radius 2 is 1.68 bits per heavy atom. The average Bonchev–Trinajstić information content (AvgIpc) is 2.71. The Balaban J connectivity index is 1.61. The van der Waals surface area contributed by atoms with Crippen LogP contribution in [0, 0.1) is 6.92 Å². The lowest BCUT2D eigenvalue weighted by molar-refractivity contribution is -0.121. The molecule has 1 N–H and O–H groups in total. The fraction of sp³-hybridized carbons (Fsp3) is 0.350. The van der Waals surface area contributed by atoms with Gasteiger partial charge >= 0.3 is 0 Å². The molecule has 1 fully saturated rings. The Morgan fingerprint density at radius 1 is 1.04 bits per heavy atom. The highest BCUT2D eigenvalue weighted by Gasteiger charge is 2.31. The first-order chi connectivity index (χ1) is 13.3. The molecule has 1 aliphatic heterocycles. The van der Waals surface area contributed by atoms with Gasteiger partial charge in [0.05, 0.1) is 10.9 Å². The third kappa shape index (κ3) is 4.38. The second-order valence-electron chi connectivity index (χ2n) is 6.83. The van der Waals surface area contributed by atoms with Gasteiger partial charge in [-0.3, -0.25) is 9.69 Å². The van der Waals surface area contributed by atoms with E-state index in [1.165, 1.54) is 4.31 Å². The summed E-state index contributed by atoms with van der Waals surface area (Å²) in [4.78, 5) is 14.9. The topological polar surface area (TPSA) is 69.7 Å². The van der Waals surface area contributed by atoms with Gasteiger partial charge in [0.15, 0.2) is 0 Å². The third-order valence-corrected chi connectivity index (χ3v) is 7.43. The number of halogens is 1. The highest BCUT2D eigenvalue weighted by atomic mass is 35.5. The molecular weight excluding hydrogens is 398 g/mol. The summed E-state index contributed by atoms with van der Waals surface area (Å²) in [6, 6.07) is 13.4. The van der Waals surface area contributed by atoms with Crippen molar-refractivity contribution >= 4 is 33.2 Å². The third-order valence-electron chi connectivity index (χ3n) is 5.11. The first-order valence-electron chi connectivity index (χ1n) is 9.16. The van der Waals surface area contributed by atoms with Gasteiger partial charge in [0.25, 0.3) is 0 Å². The van der Waals surface area contributed by atoms with Crippen molar-refractivity contribution in [2.75, 3.05) is 31.5 Å². The number of sulfonamides is 1. The van der Waals surface area contributed by atoms with E-state index in [2.05, 4.69) is 5.32 Å². The summed E-state index contributed by atoms with van der Waals surface area (Å²) in [5, 5.41) is 3.52. The van der Waals surface area contributed by atoms with Crippen LogP contribution in [0.4, 0.5) is 5.69 Å². The van der Waals surface area contributed by atoms with Crippen molar-refractivity contribution in [1.29, 1.82) is 0 Å². The Labute approximate surface area is 171 Å². The molecule has 8 heteroatoms. The molecule has 0 bridgehead atoms. The van der Waals surface area contributed by atoms with E-state index in [0.717, 1.165) is 5.56 Å². The first kappa shape index (κ1) is 20.8. The van der Waals surface area contributed by atoms with Crippen LogP contribution in [0.15, 0.2) is 53.4 Å². The van der Waals surface area contributed by atoms with Gasteiger partial charge in [0.2, 0.25) is 15.9 Å². The maximum Gasteiger partial charge on any atom is 0.243 e. The zero-order valence-corrected chi connectivity index (χ0v) is 17.5. The SMILES string of the molecule is Cc1c(Cl)cccc1NC(=O)[C@H](C)N1CCN(S(=O)(=O)c2ccccc2)CC1. The number of hydrogen-bond acceptors (Lipinski definition) is 4. The largest absolute Gasteiger partial charge is 0.324 e. The molecule has 2 aromatic rings. The molecule has 1 amide bonds. The summed E-state index contributed by atoms with van der Waals surface area (Å²) < 4.78 is 26.9. The van der Waals surface area contributed by atoms with Crippen LogP contribution in [0.1, 0.15) is 12.5 Å². The number of benzene rings is 2. The van der Waals surface area contributed by atoms with Crippen LogP contribution >= 0.6 is 11.6 Å². The molecule has 28 heavy (non-hydrogen) atoms. The summed E-state index contributed by atoms with van der Waals surface area (Å²) >= 11 is 6.11. The fourth-order valence-corrected chi connectivity index (χ4v) is 4.84. The predicted octanol–water partition coefficient (Wildman–Crippen LogP) is 2.98. The molecule has 1 aliphatic rings. The average molecular weight is 422 g/mol. The van der Waals surface area contributed by atoms with Gasteiger partial charge in [0.1, 0.15) is 0 Å². The van der Waals surface area contributed by atoms with Crippen LogP contribution in [0.2, 0.25) is 5.02 Å². The molecule has 6 nitrogen and oxygen atoms in total. The van der Waals surface area contributed by atoms with E-state index < -0.39 is 10.0 Å². The lowest BCUT2D eigenvalue weighted by atomic mass is 10.1. The summed E-state index contributed by atoms with van der Waals surface area (Å²) in [6.07, 6.45) is 0. The maximum absolute atomic E-state index is 12.7. The minimum absolute atomic E-state index is 0.135. The molecule has 1 heterocycles. The van der Waals surface area contributed by atoms with Crippen LogP contribution in [0.5, 0.6) is 0 Å². The van der Waals surface area contributed by atoms with Gasteiger partial charge in [-0.25, -0.2) is 8.42 Å². The van der Waals surface area contributed by atoms with E-state index in [1.54, 1.807) is 42.5 Å². The number of nitrogens with zero attached hydrogens (tertiary/aromatic N) is 2. The normalized spacial score (nSPS) is 17.2. The van der Waals surface area contributed by atoms with Gasteiger partial charge in [0, 0.05) is 36.9 Å². The molecule has 150 valence electrons. The summed E-state index contributed by atoms with van der Waals surface area (Å²) in [5.74, 6) is -0.135. The lowest BCUT2D eigenvalue weighted by Crippen LogP contribution is -2.53. The molecule has 0 unspecified atom stereocenters. The fourth-order valence-electron chi connectivity index (χ4n) is 3.22. The number of anilines is 1. The van der Waals surface area contributed by atoms with Gasteiger partial charge in [-0.05, 0) is 43.7 Å². The predicted molar refractivity (Wildman–Crippen MR) is 111 cm³/mol. The van der Waals surface area contributed by atoms with Crippen LogP contribution in [0.3, 0.4) is 0 Å². The van der Waals surface area contributed by atoms with Crippen molar-refractivity contribution in [2.24, 2.45) is 0 Å². The van der Waals surface area contributed by atoms with Crippen molar-refractivity contribution in [1.82, 2.24) is 9.21 Å². The Hall–Kier alpha value is -1.93. The van der Waals surface area contributed by atoms with Crippen molar-refractivity contribution in [2.45, 2.75) is 24.8 Å². The second-order valence-corrected chi connectivity index (χ2v) is 9.18. The zero-order valence-electron chi connectivity index (χ0n) is 15.9. The molecule has 0 saturated carbocycles. The molecule has 0 spiro atoms. The van der Waals surface area contributed by atoms with Gasteiger partial charge in [-0.15, -0.1) is 0 Å². The Kier molecular flexibility index (Phi) is 6.40. The van der Waals surface area contributed by atoms with Crippen LogP contribution < -0.4 is 5.32 Å². The molecule has 0 aliphatic carbocycles. The maximum atomic E-state index is 12.7. The van der Waals surface area contributed by atoms with Crippen LogP contribution in [0.25, 0.3) is 0 Å². The van der Waals surface area contributed by atoms with Gasteiger partial charge < -0.3 is 5.32 Å². The highest BCUT2D eigenvalue weighted by Crippen LogP contribution is 2.24. The van der Waals surface area contributed by atoms with Gasteiger partial charge in [-0.1, -0.05) is 35.9 Å². The second kappa shape index (κ2) is 8.61. The van der Waals surface area contributed by atoms with Crippen LogP contribution in [-0.4, -0.2) is 55.8 Å². The van der Waals surface area contributed by atoms with E-state index in [4.69, 9.17) is 11.6 Å². The minimum Gasteiger partial charge on any atom is -0.324 e. The highest BCUT2D eigenvalue weighted by molar-refractivity contribution is 7.89. The van der Waals surface area contributed by atoms with E-state index in [9.17, 15) is 13.2 Å². The minimum atomic E-state index is -3.50. The van der Waals surface area contributed by atoms with E-state index >= 15 is 0 Å². The monoisotopic (exact) mass is 421 g/mol. The molecular formula is C20H24ClN3O3S. The number of amides is 1. The summed E-state index contributed by atoms with van der Waals surface area (Å²) in [6.45, 7) is 5.38. The van der Waals surface area contributed by atoms with Crippen molar-refractivity contribution in [3.8, 4) is 0 Å². The lowest BCUT2D eigenvalue weighted by Gasteiger charge is -2.36. The Bertz CT molecular complexity index is 942. The van der Waals surface area contributed by atoms with Crippen molar-refractivity contribution in [3.63, 3.8) is 0 Å². The zero-order chi connectivity index (χ0) is 20.3. The molecule has 0 aromatic heterocycles. The molecule has 0 radical (unpaired) electrons. The van der Waals surface area contributed by atoms with Crippen molar-refractivity contribution in [3.05, 3.63) is 59.1 Å². The Morgan fingerprint density at radius 3 is 2.32 bits per heavy atom. The number of piperazine rings is 1. The number of hydrogen-bond donors (Lipinski definition) is 1. The van der Waals surface area contributed by atoms with E-state index in [1.807, 2.05) is 24.8 Å².